The van der Waals surface area contributed by atoms with Gasteiger partial charge in [0.2, 0.25) is 0 Å². The number of likely N-dealkylation sites (N-methyl/N-ethyl adjacent to an activating group) is 1. The van der Waals surface area contributed by atoms with Gasteiger partial charge < -0.3 is 9.84 Å². The summed E-state index contributed by atoms with van der Waals surface area (Å²) in [4.78, 5) is 2.42. The summed E-state index contributed by atoms with van der Waals surface area (Å²) in [6, 6.07) is 7.95. The minimum atomic E-state index is 0.274. The molecule has 1 N–H and O–H groups in total. The Bertz CT molecular complexity index is 388. The minimum Gasteiger partial charge on any atom is -0.508 e. The van der Waals surface area contributed by atoms with Gasteiger partial charge in [0.05, 0.1) is 6.10 Å². The van der Waals surface area contributed by atoms with Crippen molar-refractivity contribution < 1.29 is 9.84 Å². The number of hydrogen-bond donors (Lipinski definition) is 1. The van der Waals surface area contributed by atoms with E-state index < -0.39 is 0 Å². The zero-order valence-electron chi connectivity index (χ0n) is 12.0. The maximum absolute atomic E-state index is 10.1. The summed E-state index contributed by atoms with van der Waals surface area (Å²) in [5.41, 5.74) is 1.03. The van der Waals surface area contributed by atoms with Crippen LogP contribution in [0, 0.1) is 0 Å². The van der Waals surface area contributed by atoms with E-state index in [9.17, 15) is 5.11 Å². The van der Waals surface area contributed by atoms with Gasteiger partial charge >= 0.3 is 0 Å². The first kappa shape index (κ1) is 14.4. The highest BCUT2D eigenvalue weighted by molar-refractivity contribution is 5.34. The third-order valence-corrected chi connectivity index (χ3v) is 3.99. The molecular weight excluding hydrogens is 238 g/mol. The number of rotatable bonds is 6. The summed E-state index contributed by atoms with van der Waals surface area (Å²) in [7, 11) is 0. The van der Waals surface area contributed by atoms with Crippen LogP contribution in [0.3, 0.4) is 0 Å². The predicted molar refractivity (Wildman–Crippen MR) is 77.4 cm³/mol. The maximum atomic E-state index is 10.1. The molecule has 1 aliphatic rings. The van der Waals surface area contributed by atoms with Crippen LogP contribution in [0.15, 0.2) is 24.3 Å². The van der Waals surface area contributed by atoms with Crippen molar-refractivity contribution in [2.45, 2.75) is 45.3 Å². The summed E-state index contributed by atoms with van der Waals surface area (Å²) in [5, 5.41) is 10.1. The largest absolute Gasteiger partial charge is 0.508 e. The van der Waals surface area contributed by atoms with E-state index in [0.717, 1.165) is 38.1 Å². The molecular formula is C16H25NO2. The Morgan fingerprint density at radius 2 is 2.16 bits per heavy atom. The molecule has 19 heavy (non-hydrogen) atoms. The Balaban J connectivity index is 2.11. The number of hydrogen-bond acceptors (Lipinski definition) is 3. The van der Waals surface area contributed by atoms with Crippen LogP contribution in [0.5, 0.6) is 5.75 Å². The summed E-state index contributed by atoms with van der Waals surface area (Å²) in [5.74, 6) is 0.403. The molecule has 1 aromatic rings. The number of nitrogens with zero attached hydrogens (tertiary/aromatic N) is 1. The SMILES string of the molecule is CCC(c1ccccc1O)N(CC)CC1CCCO1. The van der Waals surface area contributed by atoms with Crippen molar-refractivity contribution in [3.63, 3.8) is 0 Å². The van der Waals surface area contributed by atoms with Gasteiger partial charge in [-0.2, -0.15) is 0 Å². The van der Waals surface area contributed by atoms with E-state index >= 15 is 0 Å². The second-order valence-corrected chi connectivity index (χ2v) is 5.21. The molecule has 1 fully saturated rings. The standard InChI is InChI=1S/C16H25NO2/c1-3-15(14-9-5-6-10-16(14)18)17(4-2)12-13-8-7-11-19-13/h5-6,9-10,13,15,18H,3-4,7-8,11-12H2,1-2H3. The van der Waals surface area contributed by atoms with Crippen molar-refractivity contribution in [3.8, 4) is 5.75 Å². The molecule has 0 radical (unpaired) electrons. The first-order valence-corrected chi connectivity index (χ1v) is 7.39. The first-order chi connectivity index (χ1) is 9.26. The van der Waals surface area contributed by atoms with E-state index in [1.165, 1.54) is 6.42 Å². The van der Waals surface area contributed by atoms with E-state index in [0.29, 0.717) is 11.9 Å². The molecule has 0 saturated carbocycles. The highest BCUT2D eigenvalue weighted by Crippen LogP contribution is 2.31. The Kier molecular flexibility index (Phi) is 5.23. The fourth-order valence-corrected chi connectivity index (χ4v) is 2.97. The summed E-state index contributed by atoms with van der Waals surface area (Å²) >= 11 is 0. The molecule has 2 unspecified atom stereocenters. The van der Waals surface area contributed by atoms with Gasteiger partial charge in [-0.15, -0.1) is 0 Å². The molecule has 1 aromatic carbocycles. The summed E-state index contributed by atoms with van der Waals surface area (Å²) in [6.45, 7) is 7.19. The molecule has 0 aliphatic carbocycles. The predicted octanol–water partition coefficient (Wildman–Crippen LogP) is 3.34. The van der Waals surface area contributed by atoms with Crippen molar-refractivity contribution in [1.82, 2.24) is 4.90 Å². The summed E-state index contributed by atoms with van der Waals surface area (Å²) < 4.78 is 5.74. The molecule has 0 amide bonds. The molecule has 2 rings (SSSR count). The highest BCUT2D eigenvalue weighted by Gasteiger charge is 2.25. The average molecular weight is 263 g/mol. The molecule has 0 bridgehead atoms. The van der Waals surface area contributed by atoms with Crippen molar-refractivity contribution in [2.24, 2.45) is 0 Å². The Morgan fingerprint density at radius 3 is 2.74 bits per heavy atom. The second-order valence-electron chi connectivity index (χ2n) is 5.21. The monoisotopic (exact) mass is 263 g/mol. The lowest BCUT2D eigenvalue weighted by molar-refractivity contribution is 0.0574. The Hall–Kier alpha value is -1.06. The van der Waals surface area contributed by atoms with E-state index in [4.69, 9.17) is 4.74 Å². The third-order valence-electron chi connectivity index (χ3n) is 3.99. The average Bonchev–Trinajstić information content (AvgIpc) is 2.93. The lowest BCUT2D eigenvalue weighted by Gasteiger charge is -2.32. The van der Waals surface area contributed by atoms with Gasteiger partial charge in [0.25, 0.3) is 0 Å². The molecule has 1 heterocycles. The molecule has 0 spiro atoms. The quantitative estimate of drug-likeness (QED) is 0.854. The normalized spacial score (nSPS) is 20.9. The van der Waals surface area contributed by atoms with Crippen LogP contribution in [0.25, 0.3) is 0 Å². The smallest absolute Gasteiger partial charge is 0.120 e. The number of para-hydroxylation sites is 1. The van der Waals surface area contributed by atoms with Crippen molar-refractivity contribution in [3.05, 3.63) is 29.8 Å². The summed E-state index contributed by atoms with van der Waals surface area (Å²) in [6.07, 6.45) is 3.70. The molecule has 1 saturated heterocycles. The van der Waals surface area contributed by atoms with Crippen LogP contribution < -0.4 is 0 Å². The number of benzene rings is 1. The van der Waals surface area contributed by atoms with Gasteiger partial charge in [0.15, 0.2) is 0 Å². The Morgan fingerprint density at radius 1 is 1.37 bits per heavy atom. The van der Waals surface area contributed by atoms with E-state index in [2.05, 4.69) is 18.7 Å². The number of phenols is 1. The van der Waals surface area contributed by atoms with Crippen LogP contribution in [-0.2, 0) is 4.74 Å². The van der Waals surface area contributed by atoms with E-state index in [-0.39, 0.29) is 6.04 Å². The fourth-order valence-electron chi connectivity index (χ4n) is 2.97. The van der Waals surface area contributed by atoms with Gasteiger partial charge in [-0.05, 0) is 31.9 Å². The first-order valence-electron chi connectivity index (χ1n) is 7.39. The lowest BCUT2D eigenvalue weighted by atomic mass is 10.0. The molecule has 1 aliphatic heterocycles. The van der Waals surface area contributed by atoms with Gasteiger partial charge in [-0.25, -0.2) is 0 Å². The fraction of sp³-hybridized carbons (Fsp3) is 0.625. The lowest BCUT2D eigenvalue weighted by Crippen LogP contribution is -2.35. The Labute approximate surface area is 116 Å². The van der Waals surface area contributed by atoms with Crippen LogP contribution in [0.4, 0.5) is 0 Å². The van der Waals surface area contributed by atoms with Crippen LogP contribution in [0.2, 0.25) is 0 Å². The minimum absolute atomic E-state index is 0.274. The van der Waals surface area contributed by atoms with Gasteiger partial charge in [-0.3, -0.25) is 4.90 Å². The van der Waals surface area contributed by atoms with Gasteiger partial charge in [0, 0.05) is 24.8 Å². The maximum Gasteiger partial charge on any atom is 0.120 e. The third kappa shape index (κ3) is 3.48. The van der Waals surface area contributed by atoms with Crippen molar-refractivity contribution >= 4 is 0 Å². The molecule has 0 aromatic heterocycles. The molecule has 106 valence electrons. The molecule has 3 nitrogen and oxygen atoms in total. The van der Waals surface area contributed by atoms with E-state index in [1.807, 2.05) is 18.2 Å². The number of ether oxygens (including phenoxy) is 1. The zero-order valence-corrected chi connectivity index (χ0v) is 12.0. The van der Waals surface area contributed by atoms with E-state index in [1.54, 1.807) is 6.07 Å². The second kappa shape index (κ2) is 6.92. The molecule has 2 atom stereocenters. The van der Waals surface area contributed by atoms with Crippen molar-refractivity contribution in [2.75, 3.05) is 19.7 Å². The van der Waals surface area contributed by atoms with Gasteiger partial charge in [0.1, 0.15) is 5.75 Å². The zero-order chi connectivity index (χ0) is 13.7. The van der Waals surface area contributed by atoms with Crippen LogP contribution in [0.1, 0.15) is 44.7 Å². The van der Waals surface area contributed by atoms with Crippen LogP contribution >= 0.6 is 0 Å². The number of aromatic hydroxyl groups is 1. The van der Waals surface area contributed by atoms with Crippen molar-refractivity contribution in [1.29, 1.82) is 0 Å². The van der Waals surface area contributed by atoms with Crippen LogP contribution in [-0.4, -0.2) is 35.8 Å². The molecule has 3 heteroatoms. The number of phenolic OH excluding ortho intramolecular Hbond substituents is 1. The topological polar surface area (TPSA) is 32.7 Å². The van der Waals surface area contributed by atoms with Gasteiger partial charge in [-0.1, -0.05) is 32.0 Å². The highest BCUT2D eigenvalue weighted by atomic mass is 16.5.